The SMILES string of the molecule is COC(=O)c1cccn2c(CO)cnc12. The molecule has 1 N–H and O–H groups in total. The van der Waals surface area contributed by atoms with E-state index in [4.69, 9.17) is 5.11 Å². The van der Waals surface area contributed by atoms with Gasteiger partial charge in [0.05, 0.1) is 25.6 Å². The quantitative estimate of drug-likeness (QED) is 0.731. The van der Waals surface area contributed by atoms with E-state index in [0.717, 1.165) is 0 Å². The van der Waals surface area contributed by atoms with Crippen LogP contribution in [0.4, 0.5) is 0 Å². The number of carbonyl (C=O) groups is 1. The third-order valence-corrected chi connectivity index (χ3v) is 2.18. The highest BCUT2D eigenvalue weighted by Gasteiger charge is 2.13. The number of ether oxygens (including phenoxy) is 1. The van der Waals surface area contributed by atoms with Crippen molar-refractivity contribution < 1.29 is 14.6 Å². The van der Waals surface area contributed by atoms with Crippen LogP contribution >= 0.6 is 0 Å². The van der Waals surface area contributed by atoms with E-state index >= 15 is 0 Å². The summed E-state index contributed by atoms with van der Waals surface area (Å²) in [5, 5.41) is 9.03. The molecule has 78 valence electrons. The Hall–Kier alpha value is -1.88. The molecule has 0 spiro atoms. The molecular formula is C10H10N2O3. The van der Waals surface area contributed by atoms with E-state index in [1.54, 1.807) is 22.7 Å². The molecule has 2 rings (SSSR count). The van der Waals surface area contributed by atoms with Gasteiger partial charge in [-0.1, -0.05) is 0 Å². The molecule has 0 aromatic carbocycles. The highest BCUT2D eigenvalue weighted by atomic mass is 16.5. The Balaban J connectivity index is 2.67. The lowest BCUT2D eigenvalue weighted by molar-refractivity contribution is 0.0602. The van der Waals surface area contributed by atoms with Crippen LogP contribution in [0.2, 0.25) is 0 Å². The smallest absolute Gasteiger partial charge is 0.341 e. The molecule has 0 fully saturated rings. The molecule has 0 unspecified atom stereocenters. The second-order valence-electron chi connectivity index (χ2n) is 3.01. The van der Waals surface area contributed by atoms with Crippen LogP contribution in [-0.2, 0) is 11.3 Å². The van der Waals surface area contributed by atoms with Crippen molar-refractivity contribution >= 4 is 11.6 Å². The molecule has 0 atom stereocenters. The van der Waals surface area contributed by atoms with Crippen molar-refractivity contribution in [2.75, 3.05) is 7.11 Å². The number of pyridine rings is 1. The molecule has 0 bridgehead atoms. The van der Waals surface area contributed by atoms with Crippen molar-refractivity contribution in [3.05, 3.63) is 35.8 Å². The molecule has 15 heavy (non-hydrogen) atoms. The number of nitrogens with zero attached hydrogens (tertiary/aromatic N) is 2. The second kappa shape index (κ2) is 3.70. The average molecular weight is 206 g/mol. The minimum absolute atomic E-state index is 0.119. The summed E-state index contributed by atoms with van der Waals surface area (Å²) in [5.41, 5.74) is 1.52. The predicted molar refractivity (Wildman–Crippen MR) is 52.5 cm³/mol. The van der Waals surface area contributed by atoms with Crippen LogP contribution in [0.5, 0.6) is 0 Å². The number of aliphatic hydroxyl groups is 1. The minimum atomic E-state index is -0.435. The second-order valence-corrected chi connectivity index (χ2v) is 3.01. The first-order valence-corrected chi connectivity index (χ1v) is 4.42. The number of aromatic nitrogens is 2. The average Bonchev–Trinajstić information content (AvgIpc) is 2.70. The highest BCUT2D eigenvalue weighted by Crippen LogP contribution is 2.12. The summed E-state index contributed by atoms with van der Waals surface area (Å²) < 4.78 is 6.29. The summed E-state index contributed by atoms with van der Waals surface area (Å²) in [7, 11) is 1.32. The molecule has 0 amide bonds. The summed E-state index contributed by atoms with van der Waals surface area (Å²) in [6.45, 7) is -0.119. The summed E-state index contributed by atoms with van der Waals surface area (Å²) in [6, 6.07) is 3.34. The number of rotatable bonds is 2. The van der Waals surface area contributed by atoms with Gasteiger partial charge in [-0.25, -0.2) is 9.78 Å². The molecule has 5 nitrogen and oxygen atoms in total. The Kier molecular flexibility index (Phi) is 2.39. The van der Waals surface area contributed by atoms with Crippen LogP contribution in [0.1, 0.15) is 16.1 Å². The first-order chi connectivity index (χ1) is 7.27. The molecular weight excluding hydrogens is 196 g/mol. The van der Waals surface area contributed by atoms with Gasteiger partial charge < -0.3 is 14.2 Å². The number of hydrogen-bond acceptors (Lipinski definition) is 4. The van der Waals surface area contributed by atoms with Crippen LogP contribution in [0.15, 0.2) is 24.5 Å². The Morgan fingerprint density at radius 3 is 3.13 bits per heavy atom. The van der Waals surface area contributed by atoms with E-state index in [-0.39, 0.29) is 6.61 Å². The van der Waals surface area contributed by atoms with E-state index in [9.17, 15) is 4.79 Å². The van der Waals surface area contributed by atoms with E-state index < -0.39 is 5.97 Å². The predicted octanol–water partition coefficient (Wildman–Crippen LogP) is 0.613. The fourth-order valence-electron chi connectivity index (χ4n) is 1.45. The van der Waals surface area contributed by atoms with Crippen LogP contribution in [0.3, 0.4) is 0 Å². The van der Waals surface area contributed by atoms with Gasteiger partial charge in [-0.05, 0) is 12.1 Å². The van der Waals surface area contributed by atoms with Crippen molar-refractivity contribution in [2.45, 2.75) is 6.61 Å². The van der Waals surface area contributed by atoms with Crippen LogP contribution < -0.4 is 0 Å². The lowest BCUT2D eigenvalue weighted by atomic mass is 10.3. The van der Waals surface area contributed by atoms with E-state index in [1.165, 1.54) is 13.3 Å². The molecule has 0 aliphatic carbocycles. The van der Waals surface area contributed by atoms with E-state index in [2.05, 4.69) is 9.72 Å². The molecule has 2 aromatic rings. The number of carbonyl (C=O) groups excluding carboxylic acids is 1. The number of fused-ring (bicyclic) bond motifs is 1. The number of imidazole rings is 1. The normalized spacial score (nSPS) is 10.5. The van der Waals surface area contributed by atoms with Crippen molar-refractivity contribution in [3.8, 4) is 0 Å². The summed E-state index contributed by atoms with van der Waals surface area (Å²) >= 11 is 0. The summed E-state index contributed by atoms with van der Waals surface area (Å²) in [5.74, 6) is -0.435. The van der Waals surface area contributed by atoms with Gasteiger partial charge in [0.2, 0.25) is 0 Å². The number of hydrogen-bond donors (Lipinski definition) is 1. The molecule has 0 saturated carbocycles. The number of aliphatic hydroxyl groups excluding tert-OH is 1. The molecule has 0 aliphatic heterocycles. The van der Waals surface area contributed by atoms with Gasteiger partial charge in [0, 0.05) is 6.20 Å². The van der Waals surface area contributed by atoms with Gasteiger partial charge >= 0.3 is 5.97 Å². The van der Waals surface area contributed by atoms with Gasteiger partial charge in [0.15, 0.2) is 5.65 Å². The molecule has 0 aliphatic rings. The lowest BCUT2D eigenvalue weighted by Crippen LogP contribution is -2.04. The standard InChI is InChI=1S/C10H10N2O3/c1-15-10(14)8-3-2-4-12-7(6-13)5-11-9(8)12/h2-5,13H,6H2,1H3. The zero-order valence-electron chi connectivity index (χ0n) is 8.17. The zero-order valence-corrected chi connectivity index (χ0v) is 8.17. The highest BCUT2D eigenvalue weighted by molar-refractivity contribution is 5.95. The molecule has 0 saturated heterocycles. The topological polar surface area (TPSA) is 63.8 Å². The number of esters is 1. The van der Waals surface area contributed by atoms with Gasteiger partial charge in [0.1, 0.15) is 5.56 Å². The largest absolute Gasteiger partial charge is 0.465 e. The maximum Gasteiger partial charge on any atom is 0.341 e. The van der Waals surface area contributed by atoms with Gasteiger partial charge in [-0.15, -0.1) is 0 Å². The Morgan fingerprint density at radius 1 is 1.67 bits per heavy atom. The maximum atomic E-state index is 11.4. The first kappa shape index (κ1) is 9.67. The van der Waals surface area contributed by atoms with Crippen molar-refractivity contribution in [3.63, 3.8) is 0 Å². The van der Waals surface area contributed by atoms with Crippen molar-refractivity contribution in [1.29, 1.82) is 0 Å². The third-order valence-electron chi connectivity index (χ3n) is 2.18. The Bertz CT molecular complexity index is 504. The molecule has 2 heterocycles. The summed E-state index contributed by atoms with van der Waals surface area (Å²) in [4.78, 5) is 15.4. The lowest BCUT2D eigenvalue weighted by Gasteiger charge is -2.02. The minimum Gasteiger partial charge on any atom is -0.465 e. The maximum absolute atomic E-state index is 11.4. The molecule has 5 heteroatoms. The first-order valence-electron chi connectivity index (χ1n) is 4.42. The van der Waals surface area contributed by atoms with Gasteiger partial charge in [-0.3, -0.25) is 0 Å². The Labute approximate surface area is 85.9 Å². The monoisotopic (exact) mass is 206 g/mol. The van der Waals surface area contributed by atoms with Crippen molar-refractivity contribution in [2.24, 2.45) is 0 Å². The zero-order chi connectivity index (χ0) is 10.8. The third kappa shape index (κ3) is 1.46. The van der Waals surface area contributed by atoms with Crippen LogP contribution in [-0.4, -0.2) is 27.6 Å². The van der Waals surface area contributed by atoms with Gasteiger partial charge in [0.25, 0.3) is 0 Å². The van der Waals surface area contributed by atoms with E-state index in [0.29, 0.717) is 16.9 Å². The molecule has 2 aromatic heterocycles. The van der Waals surface area contributed by atoms with E-state index in [1.807, 2.05) is 0 Å². The Morgan fingerprint density at radius 2 is 2.47 bits per heavy atom. The molecule has 0 radical (unpaired) electrons. The number of methoxy groups -OCH3 is 1. The fraction of sp³-hybridized carbons (Fsp3) is 0.200. The van der Waals surface area contributed by atoms with Crippen molar-refractivity contribution in [1.82, 2.24) is 9.38 Å². The fourth-order valence-corrected chi connectivity index (χ4v) is 1.45. The van der Waals surface area contributed by atoms with Crippen LogP contribution in [0, 0.1) is 0 Å². The summed E-state index contributed by atoms with van der Waals surface area (Å²) in [6.07, 6.45) is 3.27. The van der Waals surface area contributed by atoms with Gasteiger partial charge in [-0.2, -0.15) is 0 Å². The van der Waals surface area contributed by atoms with Crippen LogP contribution in [0.25, 0.3) is 5.65 Å².